The van der Waals surface area contributed by atoms with E-state index >= 15 is 0 Å². The van der Waals surface area contributed by atoms with E-state index in [9.17, 15) is 8.42 Å². The summed E-state index contributed by atoms with van der Waals surface area (Å²) in [6.45, 7) is 6.30. The van der Waals surface area contributed by atoms with Crippen LogP contribution in [0.2, 0.25) is 0 Å². The van der Waals surface area contributed by atoms with Crippen molar-refractivity contribution in [1.29, 1.82) is 0 Å². The van der Waals surface area contributed by atoms with Gasteiger partial charge in [0.2, 0.25) is 10.0 Å². The first-order valence-electron chi connectivity index (χ1n) is 5.92. The summed E-state index contributed by atoms with van der Waals surface area (Å²) in [5.74, 6) is 0. The molecule has 0 atom stereocenters. The predicted molar refractivity (Wildman–Crippen MR) is 74.8 cm³/mol. The van der Waals surface area contributed by atoms with Crippen LogP contribution in [-0.4, -0.2) is 14.0 Å². The van der Waals surface area contributed by atoms with Crippen LogP contribution in [0.15, 0.2) is 23.1 Å². The molecule has 0 aliphatic rings. The molecular formula is C12H21N3O2S. The minimum Gasteiger partial charge on any atom is -0.398 e. The maximum Gasteiger partial charge on any atom is 0.240 e. The van der Waals surface area contributed by atoms with E-state index in [1.807, 2.05) is 0 Å². The number of hydrogen-bond donors (Lipinski definition) is 3. The van der Waals surface area contributed by atoms with Crippen molar-refractivity contribution in [1.82, 2.24) is 0 Å². The Hall–Kier alpha value is -1.27. The molecular weight excluding hydrogens is 250 g/mol. The largest absolute Gasteiger partial charge is 0.398 e. The Morgan fingerprint density at radius 3 is 2.22 bits per heavy atom. The molecule has 0 bridgehead atoms. The Kier molecular flexibility index (Phi) is 4.24. The molecule has 1 rings (SSSR count). The van der Waals surface area contributed by atoms with E-state index in [0.717, 1.165) is 18.5 Å². The van der Waals surface area contributed by atoms with Gasteiger partial charge in [0.15, 0.2) is 0 Å². The second kappa shape index (κ2) is 5.16. The van der Waals surface area contributed by atoms with Gasteiger partial charge < -0.3 is 11.1 Å². The van der Waals surface area contributed by atoms with Crippen molar-refractivity contribution in [3.8, 4) is 0 Å². The van der Waals surface area contributed by atoms with Gasteiger partial charge in [-0.25, -0.2) is 13.6 Å². The molecule has 0 unspecified atom stereocenters. The van der Waals surface area contributed by atoms with Crippen molar-refractivity contribution in [2.24, 2.45) is 5.14 Å². The van der Waals surface area contributed by atoms with Crippen molar-refractivity contribution in [3.63, 3.8) is 0 Å². The molecule has 0 fully saturated rings. The molecule has 18 heavy (non-hydrogen) atoms. The molecule has 0 saturated heterocycles. The highest BCUT2D eigenvalue weighted by atomic mass is 32.2. The first kappa shape index (κ1) is 14.8. The SMILES string of the molecule is CCC(C)(CC)Nc1ccc(S(N)(=O)=O)c(N)c1. The number of nitrogens with two attached hydrogens (primary N) is 2. The summed E-state index contributed by atoms with van der Waals surface area (Å²) in [4.78, 5) is -0.0391. The highest BCUT2D eigenvalue weighted by Gasteiger charge is 2.20. The lowest BCUT2D eigenvalue weighted by molar-refractivity contribution is 0.478. The maximum absolute atomic E-state index is 11.2. The summed E-state index contributed by atoms with van der Waals surface area (Å²) in [7, 11) is -3.76. The third kappa shape index (κ3) is 3.36. The minimum absolute atomic E-state index is 0.0322. The van der Waals surface area contributed by atoms with Crippen LogP contribution >= 0.6 is 0 Å². The van der Waals surface area contributed by atoms with Gasteiger partial charge in [0.25, 0.3) is 0 Å². The van der Waals surface area contributed by atoms with Gasteiger partial charge in [-0.05, 0) is 38.0 Å². The van der Waals surface area contributed by atoms with Crippen molar-refractivity contribution >= 4 is 21.4 Å². The predicted octanol–water partition coefficient (Wildman–Crippen LogP) is 1.91. The normalized spacial score (nSPS) is 12.4. The Labute approximate surface area is 109 Å². The molecule has 0 aliphatic carbocycles. The Bertz CT molecular complexity index is 522. The lowest BCUT2D eigenvalue weighted by Gasteiger charge is -2.29. The molecule has 0 spiro atoms. The van der Waals surface area contributed by atoms with Crippen LogP contribution < -0.4 is 16.2 Å². The van der Waals surface area contributed by atoms with E-state index in [2.05, 4.69) is 26.1 Å². The Morgan fingerprint density at radius 2 is 1.83 bits per heavy atom. The van der Waals surface area contributed by atoms with Crippen molar-refractivity contribution < 1.29 is 8.42 Å². The molecule has 0 aliphatic heterocycles. The minimum atomic E-state index is -3.76. The van der Waals surface area contributed by atoms with Gasteiger partial charge in [-0.2, -0.15) is 0 Å². The molecule has 0 saturated carbocycles. The van der Waals surface area contributed by atoms with E-state index in [-0.39, 0.29) is 16.1 Å². The summed E-state index contributed by atoms with van der Waals surface area (Å²) in [5.41, 5.74) is 6.64. The van der Waals surface area contributed by atoms with Crippen molar-refractivity contribution in [3.05, 3.63) is 18.2 Å². The average Bonchev–Trinajstić information content (AvgIpc) is 2.27. The molecule has 0 amide bonds. The highest BCUT2D eigenvalue weighted by Crippen LogP contribution is 2.26. The fourth-order valence-corrected chi connectivity index (χ4v) is 2.31. The summed E-state index contributed by atoms with van der Waals surface area (Å²) >= 11 is 0. The number of rotatable bonds is 5. The number of sulfonamides is 1. The summed E-state index contributed by atoms with van der Waals surface area (Å²) < 4.78 is 22.5. The summed E-state index contributed by atoms with van der Waals surface area (Å²) in [6.07, 6.45) is 1.92. The fraction of sp³-hybridized carbons (Fsp3) is 0.500. The lowest BCUT2D eigenvalue weighted by atomic mass is 9.95. The highest BCUT2D eigenvalue weighted by molar-refractivity contribution is 7.89. The van der Waals surface area contributed by atoms with Gasteiger partial charge in [0, 0.05) is 11.2 Å². The molecule has 1 aromatic rings. The van der Waals surface area contributed by atoms with Gasteiger partial charge in [-0.3, -0.25) is 0 Å². The van der Waals surface area contributed by atoms with Crippen molar-refractivity contribution in [2.75, 3.05) is 11.1 Å². The number of anilines is 2. The van der Waals surface area contributed by atoms with Crippen LogP contribution in [0.3, 0.4) is 0 Å². The van der Waals surface area contributed by atoms with E-state index in [1.165, 1.54) is 6.07 Å². The third-order valence-electron chi connectivity index (χ3n) is 3.32. The van der Waals surface area contributed by atoms with E-state index in [4.69, 9.17) is 10.9 Å². The second-order valence-electron chi connectivity index (χ2n) is 4.69. The number of nitrogens with one attached hydrogen (secondary N) is 1. The third-order valence-corrected chi connectivity index (χ3v) is 4.31. The molecule has 1 aromatic carbocycles. The number of benzene rings is 1. The van der Waals surface area contributed by atoms with Gasteiger partial charge >= 0.3 is 0 Å². The van der Waals surface area contributed by atoms with E-state index in [1.54, 1.807) is 12.1 Å². The zero-order chi connectivity index (χ0) is 14.0. The van der Waals surface area contributed by atoms with Crippen LogP contribution in [0.25, 0.3) is 0 Å². The molecule has 0 aromatic heterocycles. The van der Waals surface area contributed by atoms with E-state index < -0.39 is 10.0 Å². The number of hydrogen-bond acceptors (Lipinski definition) is 4. The fourth-order valence-electron chi connectivity index (χ4n) is 1.66. The average molecular weight is 271 g/mol. The topological polar surface area (TPSA) is 98.2 Å². The van der Waals surface area contributed by atoms with Crippen LogP contribution in [0, 0.1) is 0 Å². The van der Waals surface area contributed by atoms with Crippen LogP contribution in [0.1, 0.15) is 33.6 Å². The lowest BCUT2D eigenvalue weighted by Crippen LogP contribution is -2.33. The van der Waals surface area contributed by atoms with Crippen molar-refractivity contribution in [2.45, 2.75) is 44.0 Å². The maximum atomic E-state index is 11.2. The molecule has 102 valence electrons. The van der Waals surface area contributed by atoms with Crippen LogP contribution in [-0.2, 0) is 10.0 Å². The standard InChI is InChI=1S/C12H21N3O2S/c1-4-12(3,5-2)15-9-6-7-11(10(13)8-9)18(14,16)17/h6-8,15H,4-5,13H2,1-3H3,(H2,14,16,17). The van der Waals surface area contributed by atoms with E-state index in [0.29, 0.717) is 0 Å². The van der Waals surface area contributed by atoms with Gasteiger partial charge in [-0.15, -0.1) is 0 Å². The molecule has 0 radical (unpaired) electrons. The quantitative estimate of drug-likeness (QED) is 0.712. The van der Waals surface area contributed by atoms with Gasteiger partial charge in [-0.1, -0.05) is 13.8 Å². The summed E-state index contributed by atoms with van der Waals surface area (Å²) in [5, 5.41) is 8.42. The zero-order valence-corrected chi connectivity index (χ0v) is 11.8. The monoisotopic (exact) mass is 271 g/mol. The first-order valence-corrected chi connectivity index (χ1v) is 7.47. The number of nitrogen functional groups attached to an aromatic ring is 1. The zero-order valence-electron chi connectivity index (χ0n) is 11.0. The second-order valence-corrected chi connectivity index (χ2v) is 6.22. The summed E-state index contributed by atoms with van der Waals surface area (Å²) in [6, 6.07) is 4.71. The van der Waals surface area contributed by atoms with Gasteiger partial charge in [0.05, 0.1) is 5.69 Å². The van der Waals surface area contributed by atoms with Crippen LogP contribution in [0.5, 0.6) is 0 Å². The smallest absolute Gasteiger partial charge is 0.240 e. The Morgan fingerprint density at radius 1 is 1.28 bits per heavy atom. The van der Waals surface area contributed by atoms with Crippen LogP contribution in [0.4, 0.5) is 11.4 Å². The molecule has 6 heteroatoms. The molecule has 5 nitrogen and oxygen atoms in total. The first-order chi connectivity index (χ1) is 8.22. The molecule has 5 N–H and O–H groups in total. The Balaban J connectivity index is 3.06. The number of primary sulfonamides is 1. The molecule has 0 heterocycles. The van der Waals surface area contributed by atoms with Gasteiger partial charge in [0.1, 0.15) is 4.90 Å².